The number of nitrogens with zero attached hydrogens (tertiary/aromatic N) is 2. The van der Waals surface area contributed by atoms with E-state index in [9.17, 15) is 9.90 Å². The Hall–Kier alpha value is -1.27. The van der Waals surface area contributed by atoms with Crippen LogP contribution in [-0.4, -0.2) is 21.3 Å². The summed E-state index contributed by atoms with van der Waals surface area (Å²) in [6, 6.07) is 7.59. The molecule has 0 aliphatic carbocycles. The number of carboxylic acids is 1. The number of aromatic nitrogens is 2. The number of benzene rings is 1. The zero-order valence-corrected chi connectivity index (χ0v) is 11.1. The SMILES string of the molecule is O=C(O)C(Cc1ccccc1Br)c1nncs1. The number of hydrogen-bond donors (Lipinski definition) is 1. The van der Waals surface area contributed by atoms with Gasteiger partial charge in [0.2, 0.25) is 0 Å². The summed E-state index contributed by atoms with van der Waals surface area (Å²) in [5, 5.41) is 17.3. The average molecular weight is 313 g/mol. The summed E-state index contributed by atoms with van der Waals surface area (Å²) in [6.45, 7) is 0. The third kappa shape index (κ3) is 2.89. The van der Waals surface area contributed by atoms with Crippen LogP contribution in [0.2, 0.25) is 0 Å². The lowest BCUT2D eigenvalue weighted by Crippen LogP contribution is -2.14. The molecule has 1 aromatic heterocycles. The Morgan fingerprint density at radius 1 is 1.47 bits per heavy atom. The van der Waals surface area contributed by atoms with Crippen LogP contribution in [0.5, 0.6) is 0 Å². The lowest BCUT2D eigenvalue weighted by atomic mass is 10.0. The second kappa shape index (κ2) is 5.37. The molecule has 2 aromatic rings. The van der Waals surface area contributed by atoms with Gasteiger partial charge in [0.1, 0.15) is 16.4 Å². The van der Waals surface area contributed by atoms with E-state index in [0.717, 1.165) is 10.0 Å². The molecule has 4 nitrogen and oxygen atoms in total. The van der Waals surface area contributed by atoms with Gasteiger partial charge in [-0.1, -0.05) is 34.1 Å². The molecule has 0 aliphatic rings. The molecule has 0 radical (unpaired) electrons. The van der Waals surface area contributed by atoms with E-state index >= 15 is 0 Å². The van der Waals surface area contributed by atoms with Crippen LogP contribution in [0.4, 0.5) is 0 Å². The van der Waals surface area contributed by atoms with E-state index in [4.69, 9.17) is 0 Å². The zero-order valence-electron chi connectivity index (χ0n) is 8.71. The maximum atomic E-state index is 11.2. The van der Waals surface area contributed by atoms with Crippen LogP contribution in [0.1, 0.15) is 16.5 Å². The number of hydrogen-bond acceptors (Lipinski definition) is 4. The lowest BCUT2D eigenvalue weighted by molar-refractivity contribution is -0.138. The zero-order chi connectivity index (χ0) is 12.3. The second-order valence-electron chi connectivity index (χ2n) is 3.46. The number of halogens is 1. The van der Waals surface area contributed by atoms with Crippen LogP contribution in [0.25, 0.3) is 0 Å². The van der Waals surface area contributed by atoms with Gasteiger partial charge in [-0.15, -0.1) is 21.5 Å². The van der Waals surface area contributed by atoms with E-state index in [2.05, 4.69) is 26.1 Å². The molecule has 0 fully saturated rings. The second-order valence-corrected chi connectivity index (χ2v) is 5.18. The minimum absolute atomic E-state index is 0.409. The Morgan fingerprint density at radius 2 is 2.24 bits per heavy atom. The Labute approximate surface area is 110 Å². The molecular weight excluding hydrogens is 304 g/mol. The molecule has 2 rings (SSSR count). The fourth-order valence-corrected chi connectivity index (χ4v) is 2.59. The van der Waals surface area contributed by atoms with E-state index in [0.29, 0.717) is 11.4 Å². The summed E-state index contributed by atoms with van der Waals surface area (Å²) >= 11 is 4.68. The Bertz CT molecular complexity index is 516. The first kappa shape index (κ1) is 12.2. The third-order valence-electron chi connectivity index (χ3n) is 2.35. The topological polar surface area (TPSA) is 63.1 Å². The molecule has 0 bridgehead atoms. The first-order chi connectivity index (χ1) is 8.18. The van der Waals surface area contributed by atoms with Crippen molar-refractivity contribution in [2.24, 2.45) is 0 Å². The molecular formula is C11H9BrN2O2S. The minimum atomic E-state index is -0.877. The highest BCUT2D eigenvalue weighted by Gasteiger charge is 2.24. The molecule has 1 N–H and O–H groups in total. The van der Waals surface area contributed by atoms with Crippen LogP contribution in [-0.2, 0) is 11.2 Å². The monoisotopic (exact) mass is 312 g/mol. The Balaban J connectivity index is 2.26. The standard InChI is InChI=1S/C11H9BrN2O2S/c12-9-4-2-1-3-7(9)5-8(11(15)16)10-14-13-6-17-10/h1-4,6,8H,5H2,(H,15,16). The largest absolute Gasteiger partial charge is 0.481 e. The van der Waals surface area contributed by atoms with E-state index in [-0.39, 0.29) is 0 Å². The van der Waals surface area contributed by atoms with Crippen molar-refractivity contribution in [1.29, 1.82) is 0 Å². The van der Waals surface area contributed by atoms with Gasteiger partial charge in [-0.2, -0.15) is 0 Å². The van der Waals surface area contributed by atoms with Crippen molar-refractivity contribution in [3.63, 3.8) is 0 Å². The fraction of sp³-hybridized carbons (Fsp3) is 0.182. The van der Waals surface area contributed by atoms with Crippen LogP contribution >= 0.6 is 27.3 Å². The molecule has 1 atom stereocenters. The predicted molar refractivity (Wildman–Crippen MR) is 68.1 cm³/mol. The van der Waals surface area contributed by atoms with Crippen molar-refractivity contribution >= 4 is 33.2 Å². The molecule has 0 amide bonds. The van der Waals surface area contributed by atoms with E-state index in [1.807, 2.05) is 24.3 Å². The van der Waals surface area contributed by atoms with Gasteiger partial charge in [0.15, 0.2) is 0 Å². The number of carboxylic acid groups (broad SMARTS) is 1. The maximum absolute atomic E-state index is 11.2. The molecule has 88 valence electrons. The van der Waals surface area contributed by atoms with Gasteiger partial charge in [0.05, 0.1) is 0 Å². The Morgan fingerprint density at radius 3 is 2.82 bits per heavy atom. The maximum Gasteiger partial charge on any atom is 0.313 e. The Kier molecular flexibility index (Phi) is 3.86. The quantitative estimate of drug-likeness (QED) is 0.942. The number of carbonyl (C=O) groups is 1. The van der Waals surface area contributed by atoms with Gasteiger partial charge in [-0.3, -0.25) is 4.79 Å². The smallest absolute Gasteiger partial charge is 0.313 e. The van der Waals surface area contributed by atoms with Gasteiger partial charge >= 0.3 is 5.97 Å². The van der Waals surface area contributed by atoms with Crippen molar-refractivity contribution in [3.05, 3.63) is 44.8 Å². The lowest BCUT2D eigenvalue weighted by Gasteiger charge is -2.10. The number of aliphatic carboxylic acids is 1. The van der Waals surface area contributed by atoms with Crippen LogP contribution < -0.4 is 0 Å². The van der Waals surface area contributed by atoms with Crippen molar-refractivity contribution in [2.45, 2.75) is 12.3 Å². The van der Waals surface area contributed by atoms with Crippen molar-refractivity contribution in [2.75, 3.05) is 0 Å². The van der Waals surface area contributed by atoms with Crippen molar-refractivity contribution in [3.8, 4) is 0 Å². The summed E-state index contributed by atoms with van der Waals surface area (Å²) in [7, 11) is 0. The molecule has 0 saturated carbocycles. The summed E-state index contributed by atoms with van der Waals surface area (Å²) in [5.74, 6) is -1.52. The average Bonchev–Trinajstić information content (AvgIpc) is 2.81. The molecule has 0 spiro atoms. The normalized spacial score (nSPS) is 12.3. The van der Waals surface area contributed by atoms with Gasteiger partial charge in [0.25, 0.3) is 0 Å². The van der Waals surface area contributed by atoms with Crippen LogP contribution in [0, 0.1) is 0 Å². The van der Waals surface area contributed by atoms with Gasteiger partial charge < -0.3 is 5.11 Å². The molecule has 1 aromatic carbocycles. The highest BCUT2D eigenvalue weighted by atomic mass is 79.9. The molecule has 6 heteroatoms. The summed E-state index contributed by atoms with van der Waals surface area (Å²) in [6.07, 6.45) is 0.409. The van der Waals surface area contributed by atoms with Crippen LogP contribution in [0.15, 0.2) is 34.2 Å². The molecule has 17 heavy (non-hydrogen) atoms. The third-order valence-corrected chi connectivity index (χ3v) is 3.94. The van der Waals surface area contributed by atoms with E-state index < -0.39 is 11.9 Å². The highest BCUT2D eigenvalue weighted by Crippen LogP contribution is 2.26. The van der Waals surface area contributed by atoms with E-state index in [1.54, 1.807) is 5.51 Å². The van der Waals surface area contributed by atoms with Gasteiger partial charge in [0, 0.05) is 4.47 Å². The fourth-order valence-electron chi connectivity index (χ4n) is 1.50. The van der Waals surface area contributed by atoms with Gasteiger partial charge in [-0.05, 0) is 18.1 Å². The molecule has 1 unspecified atom stereocenters. The van der Waals surface area contributed by atoms with Crippen molar-refractivity contribution in [1.82, 2.24) is 10.2 Å². The van der Waals surface area contributed by atoms with Crippen LogP contribution in [0.3, 0.4) is 0 Å². The van der Waals surface area contributed by atoms with Crippen molar-refractivity contribution < 1.29 is 9.90 Å². The molecule has 0 aliphatic heterocycles. The first-order valence-corrected chi connectivity index (χ1v) is 6.58. The predicted octanol–water partition coefficient (Wildman–Crippen LogP) is 2.71. The first-order valence-electron chi connectivity index (χ1n) is 4.90. The summed E-state index contributed by atoms with van der Waals surface area (Å²) < 4.78 is 0.913. The minimum Gasteiger partial charge on any atom is -0.481 e. The molecule has 1 heterocycles. The van der Waals surface area contributed by atoms with Gasteiger partial charge in [-0.25, -0.2) is 0 Å². The summed E-state index contributed by atoms with van der Waals surface area (Å²) in [5.41, 5.74) is 2.50. The number of rotatable bonds is 4. The highest BCUT2D eigenvalue weighted by molar-refractivity contribution is 9.10. The molecule has 0 saturated heterocycles. The van der Waals surface area contributed by atoms with E-state index in [1.165, 1.54) is 11.3 Å². The summed E-state index contributed by atoms with van der Waals surface area (Å²) in [4.78, 5) is 11.2.